The summed E-state index contributed by atoms with van der Waals surface area (Å²) in [6, 6.07) is 18.0. The average Bonchev–Trinajstić information content (AvgIpc) is 3.21. The molecule has 0 unspecified atom stereocenters. The van der Waals surface area contributed by atoms with Crippen LogP contribution in [0.25, 0.3) is 22.0 Å². The number of hydrogen-bond donors (Lipinski definition) is 0. The topological polar surface area (TPSA) is 57.0 Å². The Balaban J connectivity index is 1.81. The largest absolute Gasteiger partial charge is 0.336 e. The SMILES string of the molecule is CC[C@@H]1CCCN1C(=O)c1cc(C)nc2ccc(-c3ccc(C#N)cc3)cc12. The van der Waals surface area contributed by atoms with Crippen molar-refractivity contribution in [2.75, 3.05) is 6.54 Å². The van der Waals surface area contributed by atoms with Gasteiger partial charge >= 0.3 is 0 Å². The number of benzene rings is 2. The van der Waals surface area contributed by atoms with E-state index in [2.05, 4.69) is 18.0 Å². The van der Waals surface area contributed by atoms with Gasteiger partial charge in [-0.05, 0) is 67.6 Å². The zero-order chi connectivity index (χ0) is 19.7. The number of hydrogen-bond acceptors (Lipinski definition) is 3. The highest BCUT2D eigenvalue weighted by atomic mass is 16.2. The molecule has 4 rings (SSSR count). The van der Waals surface area contributed by atoms with Gasteiger partial charge < -0.3 is 4.90 Å². The minimum atomic E-state index is 0.108. The Morgan fingerprint density at radius 2 is 1.93 bits per heavy atom. The highest BCUT2D eigenvalue weighted by Crippen LogP contribution is 2.29. The minimum absolute atomic E-state index is 0.108. The highest BCUT2D eigenvalue weighted by Gasteiger charge is 2.29. The molecule has 0 radical (unpaired) electrons. The number of amides is 1. The van der Waals surface area contributed by atoms with Crippen LogP contribution < -0.4 is 0 Å². The molecule has 4 heteroatoms. The van der Waals surface area contributed by atoms with Crippen molar-refractivity contribution in [1.82, 2.24) is 9.88 Å². The molecule has 1 aliphatic heterocycles. The molecule has 0 spiro atoms. The summed E-state index contributed by atoms with van der Waals surface area (Å²) in [5.74, 6) is 0.108. The minimum Gasteiger partial charge on any atom is -0.336 e. The summed E-state index contributed by atoms with van der Waals surface area (Å²) in [4.78, 5) is 20.0. The van der Waals surface area contributed by atoms with Crippen LogP contribution in [0.5, 0.6) is 0 Å². The lowest BCUT2D eigenvalue weighted by atomic mass is 9.99. The summed E-state index contributed by atoms with van der Waals surface area (Å²) in [7, 11) is 0. The summed E-state index contributed by atoms with van der Waals surface area (Å²) in [6.07, 6.45) is 3.15. The van der Waals surface area contributed by atoms with Gasteiger partial charge in [-0.25, -0.2) is 0 Å². The molecule has 28 heavy (non-hydrogen) atoms. The molecule has 140 valence electrons. The van der Waals surface area contributed by atoms with E-state index in [9.17, 15) is 4.79 Å². The van der Waals surface area contributed by atoms with Gasteiger partial charge in [0.2, 0.25) is 0 Å². The molecule has 0 N–H and O–H groups in total. The van der Waals surface area contributed by atoms with E-state index in [1.807, 2.05) is 60.4 Å². The molecule has 0 aliphatic carbocycles. The van der Waals surface area contributed by atoms with Crippen molar-refractivity contribution >= 4 is 16.8 Å². The lowest BCUT2D eigenvalue weighted by Gasteiger charge is -2.24. The highest BCUT2D eigenvalue weighted by molar-refractivity contribution is 6.07. The Morgan fingerprint density at radius 3 is 2.64 bits per heavy atom. The summed E-state index contributed by atoms with van der Waals surface area (Å²) >= 11 is 0. The fraction of sp³-hybridized carbons (Fsp3) is 0.292. The fourth-order valence-electron chi connectivity index (χ4n) is 4.13. The molecule has 1 fully saturated rings. The lowest BCUT2D eigenvalue weighted by molar-refractivity contribution is 0.0735. The lowest BCUT2D eigenvalue weighted by Crippen LogP contribution is -2.35. The summed E-state index contributed by atoms with van der Waals surface area (Å²) in [5, 5.41) is 9.90. The van der Waals surface area contributed by atoms with Crippen LogP contribution in [0, 0.1) is 18.3 Å². The first-order chi connectivity index (χ1) is 13.6. The predicted octanol–water partition coefficient (Wildman–Crippen LogP) is 5.10. The first-order valence-electron chi connectivity index (χ1n) is 9.83. The Hall–Kier alpha value is -3.19. The van der Waals surface area contributed by atoms with Gasteiger partial charge in [0.05, 0.1) is 22.7 Å². The van der Waals surface area contributed by atoms with E-state index >= 15 is 0 Å². The van der Waals surface area contributed by atoms with Crippen molar-refractivity contribution in [2.45, 2.75) is 39.2 Å². The van der Waals surface area contributed by atoms with Crippen LogP contribution in [0.1, 0.15) is 47.8 Å². The normalized spacial score (nSPS) is 16.3. The van der Waals surface area contributed by atoms with E-state index in [-0.39, 0.29) is 5.91 Å². The van der Waals surface area contributed by atoms with E-state index in [1.165, 1.54) is 0 Å². The molecule has 2 heterocycles. The Morgan fingerprint density at radius 1 is 1.18 bits per heavy atom. The third-order valence-electron chi connectivity index (χ3n) is 5.62. The Kier molecular flexibility index (Phi) is 4.83. The number of aromatic nitrogens is 1. The van der Waals surface area contributed by atoms with Gasteiger partial charge in [-0.15, -0.1) is 0 Å². The Bertz CT molecular complexity index is 1080. The van der Waals surface area contributed by atoms with Gasteiger partial charge in [-0.1, -0.05) is 25.1 Å². The van der Waals surface area contributed by atoms with E-state index in [4.69, 9.17) is 5.26 Å². The second-order valence-electron chi connectivity index (χ2n) is 7.44. The van der Waals surface area contributed by atoms with E-state index < -0.39 is 0 Å². The molecule has 0 bridgehead atoms. The van der Waals surface area contributed by atoms with Crippen LogP contribution in [0.3, 0.4) is 0 Å². The maximum Gasteiger partial charge on any atom is 0.254 e. The first kappa shape index (κ1) is 18.2. The van der Waals surface area contributed by atoms with Crippen LogP contribution >= 0.6 is 0 Å². The molecule has 1 amide bonds. The van der Waals surface area contributed by atoms with Crippen molar-refractivity contribution in [3.05, 3.63) is 65.4 Å². The number of pyridine rings is 1. The van der Waals surface area contributed by atoms with Crippen LogP contribution in [0.4, 0.5) is 0 Å². The molecular formula is C24H23N3O. The van der Waals surface area contributed by atoms with Crippen molar-refractivity contribution in [2.24, 2.45) is 0 Å². The third kappa shape index (κ3) is 3.25. The monoisotopic (exact) mass is 369 g/mol. The van der Waals surface area contributed by atoms with Crippen molar-refractivity contribution < 1.29 is 4.79 Å². The number of fused-ring (bicyclic) bond motifs is 1. The molecule has 1 aliphatic rings. The van der Waals surface area contributed by atoms with E-state index in [1.54, 1.807) is 0 Å². The van der Waals surface area contributed by atoms with Gasteiger partial charge in [0.1, 0.15) is 0 Å². The molecule has 1 aromatic heterocycles. The number of carbonyl (C=O) groups is 1. The zero-order valence-corrected chi connectivity index (χ0v) is 16.3. The van der Waals surface area contributed by atoms with Gasteiger partial charge in [0.25, 0.3) is 5.91 Å². The van der Waals surface area contributed by atoms with Gasteiger partial charge in [-0.2, -0.15) is 5.26 Å². The molecule has 3 aromatic rings. The smallest absolute Gasteiger partial charge is 0.254 e. The number of nitrogens with zero attached hydrogens (tertiary/aromatic N) is 3. The second kappa shape index (κ2) is 7.44. The standard InChI is InChI=1S/C24H23N3O/c1-3-20-5-4-12-27(20)24(28)22-13-16(2)26-23-11-10-19(14-21(22)23)18-8-6-17(15-25)7-9-18/h6-11,13-14,20H,3-5,12H2,1-2H3/t20-/m1/s1. The zero-order valence-electron chi connectivity index (χ0n) is 16.3. The first-order valence-corrected chi connectivity index (χ1v) is 9.83. The summed E-state index contributed by atoms with van der Waals surface area (Å²) < 4.78 is 0. The molecular weight excluding hydrogens is 346 g/mol. The molecule has 4 nitrogen and oxygen atoms in total. The summed E-state index contributed by atoms with van der Waals surface area (Å²) in [5.41, 5.74) is 5.11. The fourth-order valence-corrected chi connectivity index (χ4v) is 4.13. The van der Waals surface area contributed by atoms with Crippen LogP contribution in [-0.2, 0) is 0 Å². The quantitative estimate of drug-likeness (QED) is 0.646. The predicted molar refractivity (Wildman–Crippen MR) is 111 cm³/mol. The average molecular weight is 369 g/mol. The van der Waals surface area contributed by atoms with E-state index in [0.717, 1.165) is 59.1 Å². The van der Waals surface area contributed by atoms with Gasteiger partial charge in [0.15, 0.2) is 0 Å². The Labute approximate surface area is 165 Å². The molecule has 0 saturated carbocycles. The van der Waals surface area contributed by atoms with Gasteiger partial charge in [0, 0.05) is 23.7 Å². The van der Waals surface area contributed by atoms with Crippen LogP contribution in [0.2, 0.25) is 0 Å². The van der Waals surface area contributed by atoms with Crippen molar-refractivity contribution in [3.8, 4) is 17.2 Å². The van der Waals surface area contributed by atoms with Gasteiger partial charge in [-0.3, -0.25) is 9.78 Å². The number of aryl methyl sites for hydroxylation is 1. The maximum absolute atomic E-state index is 13.4. The molecule has 2 aromatic carbocycles. The van der Waals surface area contributed by atoms with Crippen molar-refractivity contribution in [1.29, 1.82) is 5.26 Å². The number of carbonyl (C=O) groups excluding carboxylic acids is 1. The number of nitriles is 1. The molecule has 1 atom stereocenters. The van der Waals surface area contributed by atoms with Crippen LogP contribution in [0.15, 0.2) is 48.5 Å². The third-order valence-corrected chi connectivity index (χ3v) is 5.62. The number of rotatable bonds is 3. The number of likely N-dealkylation sites (tertiary alicyclic amines) is 1. The van der Waals surface area contributed by atoms with Crippen molar-refractivity contribution in [3.63, 3.8) is 0 Å². The maximum atomic E-state index is 13.4. The molecule has 1 saturated heterocycles. The second-order valence-corrected chi connectivity index (χ2v) is 7.44. The summed E-state index contributed by atoms with van der Waals surface area (Å²) in [6.45, 7) is 4.91. The van der Waals surface area contributed by atoms with Crippen LogP contribution in [-0.4, -0.2) is 28.4 Å². The van der Waals surface area contributed by atoms with E-state index in [0.29, 0.717) is 11.6 Å².